The molecule has 0 aliphatic heterocycles. The summed E-state index contributed by atoms with van der Waals surface area (Å²) in [4.78, 5) is 17.2. The van der Waals surface area contributed by atoms with E-state index in [0.717, 1.165) is 25.1 Å². The van der Waals surface area contributed by atoms with Gasteiger partial charge in [0.2, 0.25) is 0 Å². The zero-order valence-corrected chi connectivity index (χ0v) is 11.2. The Kier molecular flexibility index (Phi) is 6.36. The predicted octanol–water partition coefficient (Wildman–Crippen LogP) is 2.44. The third kappa shape index (κ3) is 5.77. The van der Waals surface area contributed by atoms with Gasteiger partial charge in [-0.1, -0.05) is 12.8 Å². The second-order valence-electron chi connectivity index (χ2n) is 4.81. The molecule has 0 unspecified atom stereocenters. The Morgan fingerprint density at radius 1 is 1.28 bits per heavy atom. The number of carboxylic acids is 1. The molecule has 0 bridgehead atoms. The van der Waals surface area contributed by atoms with Gasteiger partial charge in [-0.25, -0.2) is 4.79 Å². The summed E-state index contributed by atoms with van der Waals surface area (Å²) in [5.74, 6) is -0.885. The van der Waals surface area contributed by atoms with E-state index in [1.807, 2.05) is 0 Å². The number of aromatic carboxylic acids is 1. The number of carbonyl (C=O) groups is 1. The van der Waals surface area contributed by atoms with Crippen LogP contribution >= 0.6 is 0 Å². The molecule has 4 heteroatoms. The number of aryl methyl sites for hydroxylation is 1. The summed E-state index contributed by atoms with van der Waals surface area (Å²) in [7, 11) is 4.17. The van der Waals surface area contributed by atoms with E-state index in [9.17, 15) is 4.79 Å². The van der Waals surface area contributed by atoms with Crippen molar-refractivity contribution in [3.8, 4) is 0 Å². The maximum Gasteiger partial charge on any atom is 0.335 e. The van der Waals surface area contributed by atoms with Gasteiger partial charge in [0.05, 0.1) is 5.56 Å². The molecule has 4 nitrogen and oxygen atoms in total. The Morgan fingerprint density at radius 3 is 2.67 bits per heavy atom. The van der Waals surface area contributed by atoms with Crippen LogP contribution in [-0.4, -0.2) is 41.6 Å². The maximum atomic E-state index is 10.8. The summed E-state index contributed by atoms with van der Waals surface area (Å²) in [6, 6.07) is 3.20. The van der Waals surface area contributed by atoms with E-state index in [-0.39, 0.29) is 0 Å². The third-order valence-electron chi connectivity index (χ3n) is 2.85. The van der Waals surface area contributed by atoms with Crippen LogP contribution in [-0.2, 0) is 6.42 Å². The Balaban J connectivity index is 2.23. The summed E-state index contributed by atoms with van der Waals surface area (Å²) in [6.45, 7) is 1.13. The van der Waals surface area contributed by atoms with E-state index >= 15 is 0 Å². The molecule has 1 heterocycles. The zero-order valence-electron chi connectivity index (χ0n) is 11.2. The van der Waals surface area contributed by atoms with Crippen molar-refractivity contribution in [2.24, 2.45) is 0 Å². The molecule has 0 aromatic carbocycles. The molecule has 0 fully saturated rings. The predicted molar refractivity (Wildman–Crippen MR) is 71.9 cm³/mol. The van der Waals surface area contributed by atoms with Gasteiger partial charge in [0.15, 0.2) is 0 Å². The van der Waals surface area contributed by atoms with Crippen LogP contribution in [0, 0.1) is 0 Å². The van der Waals surface area contributed by atoms with Crippen molar-refractivity contribution in [2.75, 3.05) is 20.6 Å². The fraction of sp³-hybridized carbons (Fsp3) is 0.571. The van der Waals surface area contributed by atoms with E-state index in [4.69, 9.17) is 5.11 Å². The SMILES string of the molecule is CN(C)CCCCCCc1cc(C(=O)O)ccn1. The number of hydrogen-bond acceptors (Lipinski definition) is 3. The van der Waals surface area contributed by atoms with E-state index in [0.29, 0.717) is 5.56 Å². The van der Waals surface area contributed by atoms with Crippen molar-refractivity contribution in [3.63, 3.8) is 0 Å². The summed E-state index contributed by atoms with van der Waals surface area (Å²) >= 11 is 0. The molecule has 0 aliphatic rings. The minimum Gasteiger partial charge on any atom is -0.478 e. The van der Waals surface area contributed by atoms with Crippen LogP contribution in [0.2, 0.25) is 0 Å². The fourth-order valence-corrected chi connectivity index (χ4v) is 1.84. The van der Waals surface area contributed by atoms with Crippen molar-refractivity contribution < 1.29 is 9.90 Å². The van der Waals surface area contributed by atoms with Gasteiger partial charge < -0.3 is 10.0 Å². The number of carboxylic acid groups (broad SMARTS) is 1. The lowest BCUT2D eigenvalue weighted by Gasteiger charge is -2.08. The average molecular weight is 250 g/mol. The highest BCUT2D eigenvalue weighted by atomic mass is 16.4. The van der Waals surface area contributed by atoms with Crippen molar-refractivity contribution in [2.45, 2.75) is 32.1 Å². The molecule has 0 amide bonds. The Bertz CT molecular complexity index is 378. The fourth-order valence-electron chi connectivity index (χ4n) is 1.84. The highest BCUT2D eigenvalue weighted by molar-refractivity contribution is 5.87. The van der Waals surface area contributed by atoms with Crippen LogP contribution in [0.25, 0.3) is 0 Å². The summed E-state index contributed by atoms with van der Waals surface area (Å²) in [6.07, 6.45) is 7.12. The van der Waals surface area contributed by atoms with Crippen LogP contribution in [0.3, 0.4) is 0 Å². The molecule has 1 aromatic rings. The first-order chi connectivity index (χ1) is 8.59. The highest BCUT2D eigenvalue weighted by Gasteiger charge is 2.03. The first-order valence-corrected chi connectivity index (χ1v) is 6.42. The molecular formula is C14H22N2O2. The molecule has 0 radical (unpaired) electrons. The zero-order chi connectivity index (χ0) is 13.4. The smallest absolute Gasteiger partial charge is 0.335 e. The Morgan fingerprint density at radius 2 is 2.00 bits per heavy atom. The molecular weight excluding hydrogens is 228 g/mol. The van der Waals surface area contributed by atoms with Crippen molar-refractivity contribution in [3.05, 3.63) is 29.6 Å². The number of rotatable bonds is 8. The number of nitrogens with zero attached hydrogens (tertiary/aromatic N) is 2. The van der Waals surface area contributed by atoms with Crippen LogP contribution < -0.4 is 0 Å². The quantitative estimate of drug-likeness (QED) is 0.720. The van der Waals surface area contributed by atoms with Crippen molar-refractivity contribution in [1.29, 1.82) is 0 Å². The van der Waals surface area contributed by atoms with Crippen LogP contribution in [0.4, 0.5) is 0 Å². The molecule has 1 rings (SSSR count). The molecule has 100 valence electrons. The van der Waals surface area contributed by atoms with Crippen molar-refractivity contribution >= 4 is 5.97 Å². The van der Waals surface area contributed by atoms with Crippen molar-refractivity contribution in [1.82, 2.24) is 9.88 Å². The first kappa shape index (κ1) is 14.6. The average Bonchev–Trinajstić information content (AvgIpc) is 2.33. The van der Waals surface area contributed by atoms with Gasteiger partial charge in [0.1, 0.15) is 0 Å². The topological polar surface area (TPSA) is 53.4 Å². The van der Waals surface area contributed by atoms with Gasteiger partial charge in [-0.05, 0) is 52.0 Å². The normalized spacial score (nSPS) is 10.8. The molecule has 18 heavy (non-hydrogen) atoms. The van der Waals surface area contributed by atoms with E-state index in [1.165, 1.54) is 25.3 Å². The summed E-state index contributed by atoms with van der Waals surface area (Å²) in [5.41, 5.74) is 1.20. The molecule has 0 saturated carbocycles. The van der Waals surface area contributed by atoms with Crippen LogP contribution in [0.5, 0.6) is 0 Å². The van der Waals surface area contributed by atoms with Gasteiger partial charge in [-0.3, -0.25) is 4.98 Å². The number of aromatic nitrogens is 1. The number of hydrogen-bond donors (Lipinski definition) is 1. The van der Waals surface area contributed by atoms with E-state index < -0.39 is 5.97 Å². The minimum absolute atomic E-state index is 0.326. The largest absolute Gasteiger partial charge is 0.478 e. The molecule has 1 N–H and O–H groups in total. The van der Waals surface area contributed by atoms with Gasteiger partial charge in [-0.15, -0.1) is 0 Å². The molecule has 0 atom stereocenters. The first-order valence-electron chi connectivity index (χ1n) is 6.42. The second kappa shape index (κ2) is 7.82. The standard InChI is InChI=1S/C14H22N2O2/c1-16(2)10-6-4-3-5-7-13-11-12(14(17)18)8-9-15-13/h8-9,11H,3-7,10H2,1-2H3,(H,17,18). The second-order valence-corrected chi connectivity index (χ2v) is 4.81. The number of unbranched alkanes of at least 4 members (excludes halogenated alkanes) is 3. The van der Waals surface area contributed by atoms with E-state index in [1.54, 1.807) is 12.3 Å². The maximum absolute atomic E-state index is 10.8. The van der Waals surface area contributed by atoms with Crippen LogP contribution in [0.1, 0.15) is 41.7 Å². The van der Waals surface area contributed by atoms with Gasteiger partial charge in [-0.2, -0.15) is 0 Å². The molecule has 1 aromatic heterocycles. The minimum atomic E-state index is -0.885. The lowest BCUT2D eigenvalue weighted by atomic mass is 10.1. The highest BCUT2D eigenvalue weighted by Crippen LogP contribution is 2.08. The van der Waals surface area contributed by atoms with Gasteiger partial charge >= 0.3 is 5.97 Å². The Labute approximate surface area is 109 Å². The third-order valence-corrected chi connectivity index (χ3v) is 2.85. The van der Waals surface area contributed by atoms with Gasteiger partial charge in [0, 0.05) is 11.9 Å². The Hall–Kier alpha value is -1.42. The van der Waals surface area contributed by atoms with E-state index in [2.05, 4.69) is 24.0 Å². The van der Waals surface area contributed by atoms with Crippen LogP contribution in [0.15, 0.2) is 18.3 Å². The molecule has 0 spiro atoms. The molecule has 0 aliphatic carbocycles. The summed E-state index contributed by atoms with van der Waals surface area (Å²) in [5, 5.41) is 8.87. The lowest BCUT2D eigenvalue weighted by molar-refractivity contribution is 0.0696. The summed E-state index contributed by atoms with van der Waals surface area (Å²) < 4.78 is 0. The lowest BCUT2D eigenvalue weighted by Crippen LogP contribution is -2.12. The molecule has 0 saturated heterocycles. The van der Waals surface area contributed by atoms with Gasteiger partial charge in [0.25, 0.3) is 0 Å². The monoisotopic (exact) mass is 250 g/mol. The number of pyridine rings is 1.